The molecule has 2 aromatic heterocycles. The van der Waals surface area contributed by atoms with Crippen LogP contribution >= 0.6 is 0 Å². The third-order valence-electron chi connectivity index (χ3n) is 2.89. The predicted molar refractivity (Wildman–Crippen MR) is 74.7 cm³/mol. The number of hydrogen-bond donors (Lipinski definition) is 1. The maximum Gasteiger partial charge on any atom is 0.280 e. The molecular formula is C14H12N4O2. The summed E-state index contributed by atoms with van der Waals surface area (Å²) in [5.74, 6) is 6.79. The molecule has 0 aliphatic rings. The molecule has 1 aromatic carbocycles. The van der Waals surface area contributed by atoms with Gasteiger partial charge < -0.3 is 10.6 Å². The van der Waals surface area contributed by atoms with E-state index in [9.17, 15) is 4.79 Å². The molecule has 2 N–H and O–H groups in total. The molecule has 0 amide bonds. The zero-order valence-electron chi connectivity index (χ0n) is 10.6. The Morgan fingerprint density at radius 2 is 2.00 bits per heavy atom. The Labute approximate surface area is 114 Å². The Morgan fingerprint density at radius 1 is 1.20 bits per heavy atom. The molecule has 0 unspecified atom stereocenters. The van der Waals surface area contributed by atoms with E-state index in [1.54, 1.807) is 6.07 Å². The summed E-state index contributed by atoms with van der Waals surface area (Å²) in [5.41, 5.74) is 0.190. The first kappa shape index (κ1) is 12.2. The maximum atomic E-state index is 12.1. The van der Waals surface area contributed by atoms with Crippen LogP contribution in [0.4, 0.5) is 0 Å². The number of nitrogens with zero attached hydrogens (tertiary/aromatic N) is 3. The van der Waals surface area contributed by atoms with Crippen molar-refractivity contribution in [3.05, 3.63) is 65.0 Å². The van der Waals surface area contributed by atoms with Gasteiger partial charge in [-0.25, -0.2) is 9.66 Å². The van der Waals surface area contributed by atoms with Crippen molar-refractivity contribution in [2.75, 3.05) is 5.84 Å². The van der Waals surface area contributed by atoms with Gasteiger partial charge in [0.15, 0.2) is 5.82 Å². The standard InChI is InChI=1S/C14H12N4O2/c15-18-13(9-20-10-4-2-1-3-5-10)17-12-8-16-7-6-11(12)14(18)19/h1-8H,9,15H2. The van der Waals surface area contributed by atoms with Gasteiger partial charge in [0.05, 0.1) is 17.1 Å². The third kappa shape index (κ3) is 2.18. The fourth-order valence-electron chi connectivity index (χ4n) is 1.86. The second-order valence-corrected chi connectivity index (χ2v) is 4.20. The van der Waals surface area contributed by atoms with Crippen molar-refractivity contribution in [1.29, 1.82) is 0 Å². The first-order chi connectivity index (χ1) is 9.75. The summed E-state index contributed by atoms with van der Waals surface area (Å²) < 4.78 is 6.56. The summed E-state index contributed by atoms with van der Waals surface area (Å²) in [5, 5.41) is 0.436. The molecule has 0 aliphatic carbocycles. The average Bonchev–Trinajstić information content (AvgIpc) is 2.50. The van der Waals surface area contributed by atoms with Crippen molar-refractivity contribution < 1.29 is 4.74 Å². The Balaban J connectivity index is 1.96. The van der Waals surface area contributed by atoms with E-state index in [1.165, 1.54) is 12.4 Å². The third-order valence-corrected chi connectivity index (χ3v) is 2.89. The molecule has 0 fully saturated rings. The van der Waals surface area contributed by atoms with Gasteiger partial charge in [-0.15, -0.1) is 0 Å². The number of rotatable bonds is 3. The van der Waals surface area contributed by atoms with E-state index < -0.39 is 0 Å². The van der Waals surface area contributed by atoms with Crippen LogP contribution in [-0.4, -0.2) is 14.6 Å². The van der Waals surface area contributed by atoms with Crippen molar-refractivity contribution in [1.82, 2.24) is 14.6 Å². The highest BCUT2D eigenvalue weighted by atomic mass is 16.5. The van der Waals surface area contributed by atoms with Crippen LogP contribution in [0.1, 0.15) is 5.82 Å². The minimum Gasteiger partial charge on any atom is -0.486 e. The van der Waals surface area contributed by atoms with Gasteiger partial charge in [0.2, 0.25) is 0 Å². The Morgan fingerprint density at radius 3 is 2.80 bits per heavy atom. The molecule has 20 heavy (non-hydrogen) atoms. The molecule has 6 heteroatoms. The van der Waals surface area contributed by atoms with Crippen LogP contribution in [0.5, 0.6) is 5.75 Å². The smallest absolute Gasteiger partial charge is 0.280 e. The number of aromatic nitrogens is 3. The molecule has 0 saturated heterocycles. The van der Waals surface area contributed by atoms with E-state index in [2.05, 4.69) is 9.97 Å². The zero-order valence-corrected chi connectivity index (χ0v) is 10.6. The van der Waals surface area contributed by atoms with Crippen LogP contribution in [0.2, 0.25) is 0 Å². The van der Waals surface area contributed by atoms with E-state index in [-0.39, 0.29) is 12.2 Å². The van der Waals surface area contributed by atoms with E-state index in [0.29, 0.717) is 22.5 Å². The van der Waals surface area contributed by atoms with Crippen LogP contribution in [0, 0.1) is 0 Å². The number of fused-ring (bicyclic) bond motifs is 1. The number of para-hydroxylation sites is 1. The summed E-state index contributed by atoms with van der Waals surface area (Å²) >= 11 is 0. The lowest BCUT2D eigenvalue weighted by atomic mass is 10.3. The summed E-state index contributed by atoms with van der Waals surface area (Å²) in [6.07, 6.45) is 3.06. The topological polar surface area (TPSA) is 83.0 Å². The van der Waals surface area contributed by atoms with Crippen molar-refractivity contribution in [2.45, 2.75) is 6.61 Å². The van der Waals surface area contributed by atoms with Gasteiger partial charge in [0, 0.05) is 6.20 Å². The van der Waals surface area contributed by atoms with Gasteiger partial charge in [-0.3, -0.25) is 9.78 Å². The first-order valence-corrected chi connectivity index (χ1v) is 6.04. The highest BCUT2D eigenvalue weighted by Crippen LogP contribution is 2.11. The Hall–Kier alpha value is -2.89. The van der Waals surface area contributed by atoms with Gasteiger partial charge in [-0.1, -0.05) is 18.2 Å². The Bertz CT molecular complexity index is 799. The van der Waals surface area contributed by atoms with E-state index in [0.717, 1.165) is 4.68 Å². The lowest BCUT2D eigenvalue weighted by molar-refractivity contribution is 0.291. The number of hydrogen-bond acceptors (Lipinski definition) is 5. The SMILES string of the molecule is Nn1c(COc2ccccc2)nc2cnccc2c1=O. The highest BCUT2D eigenvalue weighted by Gasteiger charge is 2.09. The number of ether oxygens (including phenoxy) is 1. The fraction of sp³-hybridized carbons (Fsp3) is 0.0714. The van der Waals surface area contributed by atoms with Crippen molar-refractivity contribution in [3.8, 4) is 5.75 Å². The quantitative estimate of drug-likeness (QED) is 0.719. The molecule has 3 aromatic rings. The number of benzene rings is 1. The monoisotopic (exact) mass is 268 g/mol. The molecule has 0 radical (unpaired) electrons. The van der Waals surface area contributed by atoms with E-state index in [1.807, 2.05) is 30.3 Å². The number of pyridine rings is 1. The molecule has 0 atom stereocenters. The summed E-state index contributed by atoms with van der Waals surface area (Å²) in [7, 11) is 0. The molecule has 0 bridgehead atoms. The van der Waals surface area contributed by atoms with Gasteiger partial charge in [0.25, 0.3) is 5.56 Å². The van der Waals surface area contributed by atoms with Crippen LogP contribution in [0.25, 0.3) is 10.9 Å². The molecule has 0 spiro atoms. The number of nitrogens with two attached hydrogens (primary N) is 1. The van der Waals surface area contributed by atoms with E-state index >= 15 is 0 Å². The summed E-state index contributed by atoms with van der Waals surface area (Å²) in [6.45, 7) is 0.112. The lowest BCUT2D eigenvalue weighted by Crippen LogP contribution is -2.32. The van der Waals surface area contributed by atoms with Crippen molar-refractivity contribution >= 4 is 10.9 Å². The second-order valence-electron chi connectivity index (χ2n) is 4.20. The van der Waals surface area contributed by atoms with Gasteiger partial charge >= 0.3 is 0 Å². The minimum atomic E-state index is -0.316. The molecule has 0 saturated carbocycles. The van der Waals surface area contributed by atoms with Gasteiger partial charge in [-0.2, -0.15) is 0 Å². The van der Waals surface area contributed by atoms with E-state index in [4.69, 9.17) is 10.6 Å². The largest absolute Gasteiger partial charge is 0.486 e. The summed E-state index contributed by atoms with van der Waals surface area (Å²) in [6, 6.07) is 10.9. The van der Waals surface area contributed by atoms with Crippen LogP contribution in [0.3, 0.4) is 0 Å². The van der Waals surface area contributed by atoms with Gasteiger partial charge in [0.1, 0.15) is 12.4 Å². The zero-order chi connectivity index (χ0) is 13.9. The lowest BCUT2D eigenvalue weighted by Gasteiger charge is -2.10. The van der Waals surface area contributed by atoms with Crippen LogP contribution < -0.4 is 16.1 Å². The molecule has 6 nitrogen and oxygen atoms in total. The first-order valence-electron chi connectivity index (χ1n) is 6.04. The normalized spacial score (nSPS) is 10.6. The highest BCUT2D eigenvalue weighted by molar-refractivity contribution is 5.76. The molecule has 100 valence electrons. The average molecular weight is 268 g/mol. The molecule has 3 rings (SSSR count). The molecular weight excluding hydrogens is 256 g/mol. The Kier molecular flexibility index (Phi) is 3.04. The fourth-order valence-corrected chi connectivity index (χ4v) is 1.86. The van der Waals surface area contributed by atoms with Crippen molar-refractivity contribution in [2.24, 2.45) is 0 Å². The van der Waals surface area contributed by atoms with Crippen molar-refractivity contribution in [3.63, 3.8) is 0 Å². The maximum absolute atomic E-state index is 12.1. The minimum absolute atomic E-state index is 0.112. The predicted octanol–water partition coefficient (Wildman–Crippen LogP) is 1.08. The number of nitrogen functional groups attached to an aromatic ring is 1. The van der Waals surface area contributed by atoms with Crippen LogP contribution in [-0.2, 0) is 6.61 Å². The summed E-state index contributed by atoms with van der Waals surface area (Å²) in [4.78, 5) is 20.3. The molecule has 0 aliphatic heterocycles. The van der Waals surface area contributed by atoms with Crippen LogP contribution in [0.15, 0.2) is 53.6 Å². The molecule has 2 heterocycles. The second kappa shape index (κ2) is 5.00. The van der Waals surface area contributed by atoms with Gasteiger partial charge in [-0.05, 0) is 18.2 Å².